The fourth-order valence-corrected chi connectivity index (χ4v) is 7.81. The van der Waals surface area contributed by atoms with Gasteiger partial charge >= 0.3 is 11.9 Å². The molecule has 15 heteroatoms. The van der Waals surface area contributed by atoms with Crippen LogP contribution in [-0.2, 0) is 37.3 Å². The number of hydrogen-bond donors (Lipinski definition) is 3. The molecule has 0 bridgehead atoms. The molecule has 2 atom stereocenters. The van der Waals surface area contributed by atoms with Crippen molar-refractivity contribution in [2.24, 2.45) is 5.92 Å². The van der Waals surface area contributed by atoms with Crippen LogP contribution < -0.4 is 15.4 Å². The lowest BCUT2D eigenvalue weighted by Gasteiger charge is -2.26. The molecule has 4 aromatic rings. The van der Waals surface area contributed by atoms with Crippen molar-refractivity contribution in [3.63, 3.8) is 0 Å². The van der Waals surface area contributed by atoms with Crippen LogP contribution in [0.1, 0.15) is 121 Å². The van der Waals surface area contributed by atoms with Crippen LogP contribution in [0.2, 0.25) is 0 Å². The first-order chi connectivity index (χ1) is 25.1. The summed E-state index contributed by atoms with van der Waals surface area (Å²) in [4.78, 5) is 57.3. The first kappa shape index (κ1) is 40.0. The molecule has 0 saturated carbocycles. The highest BCUT2D eigenvalue weighted by Crippen LogP contribution is 2.35. The average Bonchev–Trinajstić information content (AvgIpc) is 3.71. The topological polar surface area (TPSA) is 187 Å². The van der Waals surface area contributed by atoms with Crippen LogP contribution in [-0.4, -0.2) is 64.0 Å². The van der Waals surface area contributed by atoms with Crippen molar-refractivity contribution in [3.05, 3.63) is 93.9 Å². The summed E-state index contributed by atoms with van der Waals surface area (Å²) < 4.78 is 42.1. The zero-order valence-corrected chi connectivity index (χ0v) is 32.9. The van der Waals surface area contributed by atoms with Gasteiger partial charge in [-0.05, 0) is 102 Å². The van der Waals surface area contributed by atoms with Crippen molar-refractivity contribution in [1.82, 2.24) is 30.0 Å². The summed E-state index contributed by atoms with van der Waals surface area (Å²) in [5.41, 5.74) is 2.21. The number of aromatic nitrogens is 3. The molecule has 3 N–H and O–H groups in total. The van der Waals surface area contributed by atoms with Crippen molar-refractivity contribution in [1.29, 1.82) is 0 Å². The standard InChI is InChI=1S/C39H48N6O8S/c1-22(2)33(37(49)53-39(7,8)9)44-54(50,51)31-13-11-10-12-24(31)21-40-34(46)29-20-30(45-32(42-29)18-19-41-45)35(47)43-28-17-16-25-23(3)26(14-15-27(25)28)36(48)52-38(4,5)6/h10-15,18-20,22,28,33,44H,16-17,21H2,1-9H3,(H,40,46)(H,43,47)/t28-,33-/m0/s1. The van der Waals surface area contributed by atoms with Gasteiger partial charge in [0.15, 0.2) is 5.65 Å². The normalized spacial score (nSPS) is 15.1. The summed E-state index contributed by atoms with van der Waals surface area (Å²) in [5.74, 6) is -2.66. The second-order valence-corrected chi connectivity index (χ2v) is 17.3. The Balaban J connectivity index is 1.33. The van der Waals surface area contributed by atoms with E-state index >= 15 is 0 Å². The Morgan fingerprint density at radius 3 is 2.30 bits per heavy atom. The predicted molar refractivity (Wildman–Crippen MR) is 200 cm³/mol. The van der Waals surface area contributed by atoms with Gasteiger partial charge in [-0.15, -0.1) is 0 Å². The number of hydrogen-bond acceptors (Lipinski definition) is 10. The third kappa shape index (κ3) is 9.13. The summed E-state index contributed by atoms with van der Waals surface area (Å²) in [7, 11) is -4.24. The molecular weight excluding hydrogens is 713 g/mol. The van der Waals surface area contributed by atoms with Crippen LogP contribution in [0.3, 0.4) is 0 Å². The SMILES string of the molecule is Cc1c(C(=O)OC(C)(C)C)ccc2c1CC[C@@H]2NC(=O)c1cc(C(=O)NCc2ccccc2S(=O)(=O)N[C@H](C(=O)OC(C)(C)C)C(C)C)nc2ccnn12. The number of rotatable bonds is 11. The number of carbonyl (C=O) groups is 4. The molecule has 0 unspecified atom stereocenters. The minimum Gasteiger partial charge on any atom is -0.459 e. The Morgan fingerprint density at radius 2 is 1.63 bits per heavy atom. The van der Waals surface area contributed by atoms with Crippen molar-refractivity contribution in [2.45, 2.75) is 110 Å². The van der Waals surface area contributed by atoms with Crippen molar-refractivity contribution in [3.8, 4) is 0 Å². The summed E-state index contributed by atoms with van der Waals surface area (Å²) in [6.07, 6.45) is 2.71. The van der Waals surface area contributed by atoms with Crippen LogP contribution in [0, 0.1) is 12.8 Å². The van der Waals surface area contributed by atoms with Gasteiger partial charge in [0.25, 0.3) is 11.8 Å². The van der Waals surface area contributed by atoms with E-state index in [4.69, 9.17) is 9.47 Å². The molecule has 2 aromatic carbocycles. The fourth-order valence-electron chi connectivity index (χ4n) is 6.24. The maximum atomic E-state index is 13.8. The molecule has 1 aliphatic carbocycles. The molecule has 0 radical (unpaired) electrons. The molecule has 14 nitrogen and oxygen atoms in total. The molecule has 2 aromatic heterocycles. The number of ether oxygens (including phenoxy) is 2. The molecule has 0 fully saturated rings. The van der Waals surface area contributed by atoms with Crippen molar-refractivity contribution >= 4 is 39.4 Å². The van der Waals surface area contributed by atoms with Gasteiger partial charge in [0, 0.05) is 18.7 Å². The largest absolute Gasteiger partial charge is 0.459 e. The number of amides is 2. The minimum absolute atomic E-state index is 0.0692. The lowest BCUT2D eigenvalue weighted by atomic mass is 9.97. The van der Waals surface area contributed by atoms with Gasteiger partial charge in [-0.1, -0.05) is 38.1 Å². The van der Waals surface area contributed by atoms with E-state index in [1.807, 2.05) is 33.8 Å². The molecule has 2 heterocycles. The second-order valence-electron chi connectivity index (χ2n) is 15.7. The summed E-state index contributed by atoms with van der Waals surface area (Å²) in [5, 5.41) is 10.0. The Labute approximate surface area is 315 Å². The van der Waals surface area contributed by atoms with Crippen LogP contribution in [0.5, 0.6) is 0 Å². The number of fused-ring (bicyclic) bond motifs is 2. The third-order valence-electron chi connectivity index (χ3n) is 8.75. The van der Waals surface area contributed by atoms with E-state index in [0.29, 0.717) is 18.4 Å². The highest BCUT2D eigenvalue weighted by atomic mass is 32.2. The zero-order chi connectivity index (χ0) is 39.7. The lowest BCUT2D eigenvalue weighted by molar-refractivity contribution is -0.158. The van der Waals surface area contributed by atoms with Crippen LogP contribution >= 0.6 is 0 Å². The number of benzene rings is 2. The maximum Gasteiger partial charge on any atom is 0.338 e. The zero-order valence-electron chi connectivity index (χ0n) is 32.1. The van der Waals surface area contributed by atoms with E-state index in [-0.39, 0.29) is 40.1 Å². The van der Waals surface area contributed by atoms with Gasteiger partial charge in [0.2, 0.25) is 10.0 Å². The molecule has 0 spiro atoms. The number of carbonyl (C=O) groups excluding carboxylic acids is 4. The Bertz CT molecular complexity index is 2220. The molecule has 2 amide bonds. The van der Waals surface area contributed by atoms with E-state index in [1.54, 1.807) is 65.0 Å². The average molecular weight is 761 g/mol. The highest BCUT2D eigenvalue weighted by Gasteiger charge is 2.34. The maximum absolute atomic E-state index is 13.8. The molecule has 288 valence electrons. The number of sulfonamides is 1. The number of nitrogens with one attached hydrogen (secondary N) is 3. The van der Waals surface area contributed by atoms with E-state index in [9.17, 15) is 27.6 Å². The van der Waals surface area contributed by atoms with Gasteiger partial charge < -0.3 is 20.1 Å². The Hall–Kier alpha value is -5.15. The summed E-state index contributed by atoms with van der Waals surface area (Å²) in [6, 6.07) is 11.1. The van der Waals surface area contributed by atoms with Gasteiger partial charge in [0.05, 0.1) is 22.7 Å². The van der Waals surface area contributed by atoms with Crippen LogP contribution in [0.15, 0.2) is 59.6 Å². The predicted octanol–water partition coefficient (Wildman–Crippen LogP) is 4.98. The lowest BCUT2D eigenvalue weighted by Crippen LogP contribution is -2.47. The van der Waals surface area contributed by atoms with Crippen LogP contribution in [0.25, 0.3) is 5.65 Å². The highest BCUT2D eigenvalue weighted by molar-refractivity contribution is 7.89. The molecule has 0 saturated heterocycles. The molecule has 1 aliphatic rings. The second kappa shape index (κ2) is 15.3. The molecule has 54 heavy (non-hydrogen) atoms. The smallest absolute Gasteiger partial charge is 0.338 e. The summed E-state index contributed by atoms with van der Waals surface area (Å²) in [6.45, 7) is 15.6. The minimum atomic E-state index is -4.24. The monoisotopic (exact) mass is 760 g/mol. The molecular formula is C39H48N6O8S. The molecule has 5 rings (SSSR count). The van der Waals surface area contributed by atoms with Crippen LogP contribution in [0.4, 0.5) is 0 Å². The van der Waals surface area contributed by atoms with E-state index < -0.39 is 56.9 Å². The Morgan fingerprint density at radius 1 is 0.944 bits per heavy atom. The number of esters is 2. The Kier molecular flexibility index (Phi) is 11.3. The van der Waals surface area contributed by atoms with Crippen molar-refractivity contribution < 1.29 is 37.1 Å². The van der Waals surface area contributed by atoms with E-state index in [1.165, 1.54) is 22.8 Å². The quantitative estimate of drug-likeness (QED) is 0.176. The first-order valence-electron chi connectivity index (χ1n) is 17.8. The van der Waals surface area contributed by atoms with E-state index in [0.717, 1.165) is 16.7 Å². The van der Waals surface area contributed by atoms with E-state index in [2.05, 4.69) is 25.4 Å². The number of nitrogens with zero attached hydrogens (tertiary/aromatic N) is 3. The third-order valence-corrected chi connectivity index (χ3v) is 10.3. The van der Waals surface area contributed by atoms with Gasteiger partial charge in [0.1, 0.15) is 28.6 Å². The first-order valence-corrected chi connectivity index (χ1v) is 19.3. The van der Waals surface area contributed by atoms with Gasteiger partial charge in [-0.3, -0.25) is 14.4 Å². The van der Waals surface area contributed by atoms with Crippen molar-refractivity contribution in [2.75, 3.05) is 0 Å². The fraction of sp³-hybridized carbons (Fsp3) is 0.436. The van der Waals surface area contributed by atoms with Gasteiger partial charge in [-0.25, -0.2) is 22.7 Å². The van der Waals surface area contributed by atoms with Gasteiger partial charge in [-0.2, -0.15) is 9.82 Å². The summed E-state index contributed by atoms with van der Waals surface area (Å²) >= 11 is 0. The molecule has 0 aliphatic heterocycles.